The normalized spacial score (nSPS) is 13.9. The van der Waals surface area contributed by atoms with Crippen LogP contribution in [0.25, 0.3) is 21.3 Å². The second-order valence-corrected chi connectivity index (χ2v) is 8.41. The molecule has 0 radical (unpaired) electrons. The number of thiophene rings is 1. The number of likely N-dealkylation sites (tertiary alicyclic amines) is 1. The third-order valence-corrected chi connectivity index (χ3v) is 6.19. The van der Waals surface area contributed by atoms with E-state index in [1.165, 1.54) is 28.7 Å². The van der Waals surface area contributed by atoms with Gasteiger partial charge in [-0.3, -0.25) is 14.2 Å². The minimum atomic E-state index is -0.133. The number of piperidine rings is 1. The Morgan fingerprint density at radius 3 is 2.55 bits per heavy atom. The zero-order chi connectivity index (χ0) is 21.0. The van der Waals surface area contributed by atoms with Crippen LogP contribution in [0.5, 0.6) is 0 Å². The Bertz CT molecular complexity index is 1060. The predicted molar refractivity (Wildman–Crippen MR) is 121 cm³/mol. The summed E-state index contributed by atoms with van der Waals surface area (Å²) in [6, 6.07) is 8.16. The average molecular weight is 412 g/mol. The number of aryl methyl sites for hydroxylation is 2. The Balaban J connectivity index is 0.00000117. The van der Waals surface area contributed by atoms with E-state index in [9.17, 15) is 9.59 Å². The van der Waals surface area contributed by atoms with Gasteiger partial charge in [0, 0.05) is 23.5 Å². The van der Waals surface area contributed by atoms with Gasteiger partial charge in [-0.05, 0) is 38.7 Å². The number of nitrogens with zero attached hydrogens (tertiary/aromatic N) is 3. The number of carbonyl (C=O) groups excluding carboxylic acids is 1. The Kier molecular flexibility index (Phi) is 6.85. The molecule has 2 aromatic heterocycles. The first-order chi connectivity index (χ1) is 14.0. The summed E-state index contributed by atoms with van der Waals surface area (Å²) < 4.78 is 1.46. The predicted octanol–water partition coefficient (Wildman–Crippen LogP) is 4.78. The van der Waals surface area contributed by atoms with Gasteiger partial charge in [0.2, 0.25) is 5.91 Å². The van der Waals surface area contributed by atoms with Crippen molar-refractivity contribution in [2.24, 2.45) is 0 Å². The van der Waals surface area contributed by atoms with E-state index in [4.69, 9.17) is 0 Å². The molecule has 0 aliphatic carbocycles. The fourth-order valence-electron chi connectivity index (χ4n) is 3.79. The van der Waals surface area contributed by atoms with Crippen molar-refractivity contribution in [3.8, 4) is 11.1 Å². The van der Waals surface area contributed by atoms with Gasteiger partial charge in [0.05, 0.1) is 11.7 Å². The van der Waals surface area contributed by atoms with Crippen LogP contribution >= 0.6 is 11.3 Å². The highest BCUT2D eigenvalue weighted by atomic mass is 32.1. The highest BCUT2D eigenvalue weighted by Crippen LogP contribution is 2.35. The third kappa shape index (κ3) is 4.42. The standard InChI is InChI=1S/C21H23N3O2S.C2H6/c1-14-7-6-8-16(11-14)18-15(2)27-20-19(18)21(26)24(13-22-20)12-17(25)23-9-4-3-5-10-23;1-2/h6-8,11,13H,3-5,9-10,12H2,1-2H3;1-2H3. The minimum Gasteiger partial charge on any atom is -0.341 e. The van der Waals surface area contributed by atoms with E-state index >= 15 is 0 Å². The van der Waals surface area contributed by atoms with E-state index in [0.29, 0.717) is 5.39 Å². The lowest BCUT2D eigenvalue weighted by atomic mass is 10.0. The van der Waals surface area contributed by atoms with E-state index in [0.717, 1.165) is 52.3 Å². The Morgan fingerprint density at radius 1 is 1.14 bits per heavy atom. The molecule has 0 unspecified atom stereocenters. The van der Waals surface area contributed by atoms with E-state index in [1.807, 2.05) is 50.8 Å². The summed E-state index contributed by atoms with van der Waals surface area (Å²) in [5.74, 6) is 0.00186. The van der Waals surface area contributed by atoms with Crippen LogP contribution in [0.2, 0.25) is 0 Å². The first kappa shape index (κ1) is 21.2. The maximum Gasteiger partial charge on any atom is 0.263 e. The van der Waals surface area contributed by atoms with Crippen molar-refractivity contribution in [2.75, 3.05) is 13.1 Å². The topological polar surface area (TPSA) is 55.2 Å². The highest BCUT2D eigenvalue weighted by molar-refractivity contribution is 7.19. The van der Waals surface area contributed by atoms with Crippen LogP contribution in [0.15, 0.2) is 35.4 Å². The van der Waals surface area contributed by atoms with Gasteiger partial charge in [0.15, 0.2) is 0 Å². The number of aromatic nitrogens is 2. The van der Waals surface area contributed by atoms with E-state index in [2.05, 4.69) is 11.1 Å². The summed E-state index contributed by atoms with van der Waals surface area (Å²) >= 11 is 1.53. The molecule has 0 bridgehead atoms. The lowest BCUT2D eigenvalue weighted by molar-refractivity contribution is -0.132. The number of carbonyl (C=O) groups is 1. The SMILES string of the molecule is CC.Cc1cccc(-c2c(C)sc3ncn(CC(=O)N4CCCCC4)c(=O)c23)c1. The van der Waals surface area contributed by atoms with Gasteiger partial charge < -0.3 is 4.90 Å². The molecule has 29 heavy (non-hydrogen) atoms. The zero-order valence-corrected chi connectivity index (χ0v) is 18.5. The van der Waals surface area contributed by atoms with Crippen LogP contribution in [0.3, 0.4) is 0 Å². The van der Waals surface area contributed by atoms with Gasteiger partial charge in [-0.15, -0.1) is 11.3 Å². The molecule has 1 saturated heterocycles. The highest BCUT2D eigenvalue weighted by Gasteiger charge is 2.20. The monoisotopic (exact) mass is 411 g/mol. The van der Waals surface area contributed by atoms with Crippen LogP contribution in [0.4, 0.5) is 0 Å². The summed E-state index contributed by atoms with van der Waals surface area (Å²) in [5, 5.41) is 0.622. The summed E-state index contributed by atoms with van der Waals surface area (Å²) in [5.41, 5.74) is 2.98. The summed E-state index contributed by atoms with van der Waals surface area (Å²) in [4.78, 5) is 33.9. The molecule has 1 aliphatic rings. The molecule has 1 fully saturated rings. The molecule has 5 nitrogen and oxygen atoms in total. The quantitative estimate of drug-likeness (QED) is 0.623. The van der Waals surface area contributed by atoms with Crippen molar-refractivity contribution in [1.29, 1.82) is 0 Å². The summed E-state index contributed by atoms with van der Waals surface area (Å²) in [6.07, 6.45) is 4.77. The number of hydrogen-bond acceptors (Lipinski definition) is 4. The maximum absolute atomic E-state index is 13.2. The van der Waals surface area contributed by atoms with Crippen molar-refractivity contribution < 1.29 is 4.79 Å². The van der Waals surface area contributed by atoms with Gasteiger partial charge in [-0.2, -0.15) is 0 Å². The molecule has 1 aliphatic heterocycles. The second kappa shape index (κ2) is 9.35. The fourth-order valence-corrected chi connectivity index (χ4v) is 4.79. The van der Waals surface area contributed by atoms with Gasteiger partial charge >= 0.3 is 0 Å². The first-order valence-corrected chi connectivity index (χ1v) is 11.2. The lowest BCUT2D eigenvalue weighted by Gasteiger charge is -2.26. The Labute approximate surface area is 176 Å². The van der Waals surface area contributed by atoms with Gasteiger partial charge in [-0.1, -0.05) is 43.7 Å². The molecule has 1 aromatic carbocycles. The number of hydrogen-bond donors (Lipinski definition) is 0. The van der Waals surface area contributed by atoms with Gasteiger partial charge in [0.25, 0.3) is 5.56 Å². The first-order valence-electron chi connectivity index (χ1n) is 10.4. The molecule has 4 rings (SSSR count). The molecule has 6 heteroatoms. The largest absolute Gasteiger partial charge is 0.341 e. The number of amides is 1. The average Bonchev–Trinajstić information content (AvgIpc) is 3.09. The minimum absolute atomic E-state index is 0.00186. The van der Waals surface area contributed by atoms with E-state index in [-0.39, 0.29) is 18.0 Å². The molecule has 3 aromatic rings. The number of rotatable bonds is 3. The Hall–Kier alpha value is -2.47. The van der Waals surface area contributed by atoms with Crippen LogP contribution in [-0.2, 0) is 11.3 Å². The van der Waals surface area contributed by atoms with Gasteiger partial charge in [0.1, 0.15) is 11.4 Å². The fraction of sp³-hybridized carbons (Fsp3) is 0.435. The number of benzene rings is 1. The lowest BCUT2D eigenvalue weighted by Crippen LogP contribution is -2.39. The van der Waals surface area contributed by atoms with Crippen molar-refractivity contribution >= 4 is 27.5 Å². The molecule has 0 saturated carbocycles. The molecule has 0 spiro atoms. The van der Waals surface area contributed by atoms with Crippen LogP contribution in [0.1, 0.15) is 43.6 Å². The number of fused-ring (bicyclic) bond motifs is 1. The van der Waals surface area contributed by atoms with Crippen molar-refractivity contribution in [1.82, 2.24) is 14.5 Å². The van der Waals surface area contributed by atoms with Crippen LogP contribution in [0, 0.1) is 13.8 Å². The summed E-state index contributed by atoms with van der Waals surface area (Å²) in [6.45, 7) is 9.70. The molecule has 0 N–H and O–H groups in total. The van der Waals surface area contributed by atoms with Crippen LogP contribution < -0.4 is 5.56 Å². The molecular formula is C23H29N3O2S. The molecule has 3 heterocycles. The smallest absolute Gasteiger partial charge is 0.263 e. The molecular weight excluding hydrogens is 382 g/mol. The third-order valence-electron chi connectivity index (χ3n) is 5.18. The van der Waals surface area contributed by atoms with E-state index < -0.39 is 0 Å². The zero-order valence-electron chi connectivity index (χ0n) is 17.7. The van der Waals surface area contributed by atoms with Crippen molar-refractivity contribution in [2.45, 2.75) is 53.5 Å². The molecule has 154 valence electrons. The maximum atomic E-state index is 13.2. The van der Waals surface area contributed by atoms with Crippen molar-refractivity contribution in [3.63, 3.8) is 0 Å². The summed E-state index contributed by atoms with van der Waals surface area (Å²) in [7, 11) is 0. The van der Waals surface area contributed by atoms with Gasteiger partial charge in [-0.25, -0.2) is 4.98 Å². The Morgan fingerprint density at radius 2 is 1.86 bits per heavy atom. The molecule has 0 atom stereocenters. The van der Waals surface area contributed by atoms with Crippen molar-refractivity contribution in [3.05, 3.63) is 51.4 Å². The molecule has 1 amide bonds. The van der Waals surface area contributed by atoms with Crippen LogP contribution in [-0.4, -0.2) is 33.4 Å². The van der Waals surface area contributed by atoms with E-state index in [1.54, 1.807) is 0 Å². The second-order valence-electron chi connectivity index (χ2n) is 7.20.